The molecular weight excluding hydrogens is 1030 g/mol. The molecule has 0 aromatic heterocycles. The van der Waals surface area contributed by atoms with Crippen LogP contribution in [0.25, 0.3) is 10.8 Å². The highest BCUT2D eigenvalue weighted by Crippen LogP contribution is 2.42. The van der Waals surface area contributed by atoms with Gasteiger partial charge >= 0.3 is 12.1 Å². The number of para-hydroxylation sites is 1. The fourth-order valence-electron chi connectivity index (χ4n) is 10.2. The van der Waals surface area contributed by atoms with E-state index in [2.05, 4.69) is 4.99 Å². The normalized spacial score (nSPS) is 26.1. The van der Waals surface area contributed by atoms with Crippen molar-refractivity contribution in [2.24, 2.45) is 4.99 Å². The van der Waals surface area contributed by atoms with E-state index in [-0.39, 0.29) is 36.6 Å². The van der Waals surface area contributed by atoms with Crippen molar-refractivity contribution < 1.29 is 74.9 Å². The zero-order valence-corrected chi connectivity index (χ0v) is 42.4. The summed E-state index contributed by atoms with van der Waals surface area (Å²) in [6, 6.07) is 51.8. The third-order valence-corrected chi connectivity index (χ3v) is 13.8. The monoisotopic (exact) mass is 1080 g/mol. The van der Waals surface area contributed by atoms with Crippen molar-refractivity contribution in [2.75, 3.05) is 13.2 Å². The summed E-state index contributed by atoms with van der Waals surface area (Å²) in [5.41, 5.74) is 1.89. The molecule has 0 radical (unpaired) electrons. The number of hydrogen-bond donors (Lipinski definition) is 0. The highest BCUT2D eigenvalue weighted by atomic mass is 19.4. The molecule has 15 nitrogen and oxygen atoms in total. The Balaban J connectivity index is 1.04. The quantitative estimate of drug-likeness (QED) is 0.0390. The Kier molecular flexibility index (Phi) is 15.9. The molecule has 3 saturated heterocycles. The van der Waals surface area contributed by atoms with Crippen LogP contribution in [-0.2, 0) is 60.6 Å². The number of alkyl halides is 3. The number of aliphatic imine (C=N–C) groups is 1. The highest BCUT2D eigenvalue weighted by molar-refractivity contribution is 6.21. The maximum atomic E-state index is 15.4. The molecule has 0 spiro atoms. The van der Waals surface area contributed by atoms with E-state index in [9.17, 15) is 14.4 Å². The van der Waals surface area contributed by atoms with Crippen LogP contribution in [-0.4, -0.2) is 109 Å². The van der Waals surface area contributed by atoms with E-state index in [4.69, 9.17) is 47.4 Å². The molecule has 7 aromatic carbocycles. The summed E-state index contributed by atoms with van der Waals surface area (Å²) in [5.74, 6) is -3.86. The van der Waals surface area contributed by atoms with E-state index >= 15 is 13.2 Å². The SMILES string of the molecule is CC(=O)O[C@@H]1[C@H](O[C@H]2[C@H](OCc3ccccc3)[C@@H](N3C(=O)c4ccccc4C3=O)[C@H](OC(=Nc3ccccc3)C(F)(F)F)O[C@@H]2COCc2ccccc2)O[C@@H]2COC(c3ccccc3)O[C@H]2[C@@H]1Oc1ccc2ccccc2c1. The molecule has 11 rings (SSSR count). The minimum absolute atomic E-state index is 0.00172. The smallest absolute Gasteiger partial charge is 0.468 e. The van der Waals surface area contributed by atoms with Crippen LogP contribution in [0, 0.1) is 0 Å². The summed E-state index contributed by atoms with van der Waals surface area (Å²) in [5, 5.41) is 1.79. The average Bonchev–Trinajstić information content (AvgIpc) is 4.03. The van der Waals surface area contributed by atoms with Gasteiger partial charge in [0.2, 0.25) is 6.29 Å². The molecule has 4 aliphatic rings. The first-order valence-corrected chi connectivity index (χ1v) is 25.7. The van der Waals surface area contributed by atoms with Crippen molar-refractivity contribution in [3.63, 3.8) is 0 Å². The first-order valence-electron chi connectivity index (χ1n) is 25.7. The molecule has 4 heterocycles. The Hall–Kier alpha value is -7.81. The molecule has 3 fully saturated rings. The van der Waals surface area contributed by atoms with Gasteiger partial charge in [0.15, 0.2) is 24.8 Å². The van der Waals surface area contributed by atoms with Crippen LogP contribution < -0.4 is 4.74 Å². The van der Waals surface area contributed by atoms with E-state index in [1.807, 2.05) is 97.1 Å². The number of fused-ring (bicyclic) bond motifs is 3. The third-order valence-electron chi connectivity index (χ3n) is 13.8. The first kappa shape index (κ1) is 53.2. The van der Waals surface area contributed by atoms with E-state index in [1.54, 1.807) is 54.6 Å². The predicted octanol–water partition coefficient (Wildman–Crippen LogP) is 10.2. The lowest BCUT2D eigenvalue weighted by Gasteiger charge is -2.52. The molecule has 18 heteroatoms. The van der Waals surface area contributed by atoms with Crippen molar-refractivity contribution in [2.45, 2.75) is 94.0 Å². The summed E-state index contributed by atoms with van der Waals surface area (Å²) in [7, 11) is 0. The van der Waals surface area contributed by atoms with Crippen molar-refractivity contribution in [1.82, 2.24) is 4.90 Å². The fourth-order valence-corrected chi connectivity index (χ4v) is 10.2. The lowest BCUT2D eigenvalue weighted by molar-refractivity contribution is -0.380. The van der Waals surface area contributed by atoms with Crippen LogP contribution in [0.4, 0.5) is 18.9 Å². The maximum Gasteiger partial charge on any atom is 0.468 e. The van der Waals surface area contributed by atoms with Gasteiger partial charge in [0.05, 0.1) is 43.2 Å². The molecule has 1 unspecified atom stereocenters. The van der Waals surface area contributed by atoms with E-state index in [1.165, 1.54) is 43.3 Å². The molecule has 79 heavy (non-hydrogen) atoms. The summed E-state index contributed by atoms with van der Waals surface area (Å²) in [6.45, 7) is 0.480. The molecule has 0 bridgehead atoms. The van der Waals surface area contributed by atoms with Gasteiger partial charge in [0.25, 0.3) is 17.7 Å². The Morgan fingerprint density at radius 3 is 1.90 bits per heavy atom. The van der Waals surface area contributed by atoms with Gasteiger partial charge < -0.3 is 47.4 Å². The van der Waals surface area contributed by atoms with Crippen LogP contribution in [0.3, 0.4) is 0 Å². The number of benzene rings is 7. The summed E-state index contributed by atoms with van der Waals surface area (Å²) < 4.78 is 112. The number of rotatable bonds is 16. The van der Waals surface area contributed by atoms with Crippen molar-refractivity contribution in [3.05, 3.63) is 216 Å². The number of carbonyl (C=O) groups is 3. The zero-order valence-electron chi connectivity index (χ0n) is 42.4. The largest absolute Gasteiger partial charge is 0.483 e. The maximum absolute atomic E-state index is 15.4. The number of ether oxygens (including phenoxy) is 10. The average molecular weight is 1080 g/mol. The second-order valence-electron chi connectivity index (χ2n) is 19.2. The summed E-state index contributed by atoms with van der Waals surface area (Å²) >= 11 is 0. The molecule has 2 amide bonds. The number of halogens is 3. The minimum atomic E-state index is -5.24. The van der Waals surface area contributed by atoms with Crippen LogP contribution >= 0.6 is 0 Å². The Labute approximate surface area is 452 Å². The molecule has 11 atom stereocenters. The van der Waals surface area contributed by atoms with E-state index < -0.39 is 104 Å². The van der Waals surface area contributed by atoms with E-state index in [0.29, 0.717) is 16.9 Å². The summed E-state index contributed by atoms with van der Waals surface area (Å²) in [4.78, 5) is 47.7. The Morgan fingerprint density at radius 2 is 1.24 bits per heavy atom. The van der Waals surface area contributed by atoms with Crippen LogP contribution in [0.15, 0.2) is 193 Å². The van der Waals surface area contributed by atoms with Gasteiger partial charge in [-0.2, -0.15) is 13.2 Å². The lowest BCUT2D eigenvalue weighted by Crippen LogP contribution is -2.70. The van der Waals surface area contributed by atoms with Gasteiger partial charge in [-0.05, 0) is 58.3 Å². The molecule has 0 saturated carbocycles. The second kappa shape index (κ2) is 23.7. The lowest BCUT2D eigenvalue weighted by atomic mass is 9.93. The number of imide groups is 1. The van der Waals surface area contributed by atoms with Crippen LogP contribution in [0.2, 0.25) is 0 Å². The second-order valence-corrected chi connectivity index (χ2v) is 19.2. The van der Waals surface area contributed by atoms with Crippen molar-refractivity contribution >= 4 is 40.1 Å². The standard InChI is InChI=1S/C61H53F3N2O13/c1-37(67)73-54-53(74-44-31-30-40-22-14-15-25-42(40)32-44)51-48(36-72-57(77-51)41-23-10-4-11-24-41)76-59(54)78-50-47(35-70-33-38-18-6-2-7-19-38)75-58(79-60(61(62,63)64)65-43-26-12-5-13-27-43)49(52(50)71-34-39-20-8-3-9-21-39)66-55(68)45-28-16-17-29-46(45)56(66)69/h2-32,47-54,57-59H,33-36H2,1H3/t47-,48-,49-,50-,51-,52-,53+,54+,57?,58+,59+/m1/s1. The number of amides is 2. The molecule has 7 aromatic rings. The predicted molar refractivity (Wildman–Crippen MR) is 279 cm³/mol. The van der Waals surface area contributed by atoms with Gasteiger partial charge in [0, 0.05) is 12.5 Å². The van der Waals surface area contributed by atoms with Crippen LogP contribution in [0.5, 0.6) is 5.75 Å². The molecule has 4 aliphatic heterocycles. The number of nitrogens with zero attached hydrogens (tertiary/aromatic N) is 2. The molecule has 406 valence electrons. The van der Waals surface area contributed by atoms with Gasteiger partial charge in [-0.1, -0.05) is 152 Å². The van der Waals surface area contributed by atoms with Crippen LogP contribution in [0.1, 0.15) is 50.6 Å². The summed E-state index contributed by atoms with van der Waals surface area (Å²) in [6.07, 6.45) is -19.2. The molecule has 0 aliphatic carbocycles. The zero-order chi connectivity index (χ0) is 54.5. The van der Waals surface area contributed by atoms with Crippen molar-refractivity contribution in [1.29, 1.82) is 0 Å². The van der Waals surface area contributed by atoms with E-state index in [0.717, 1.165) is 21.2 Å². The third kappa shape index (κ3) is 12.0. The van der Waals surface area contributed by atoms with Gasteiger partial charge in [-0.3, -0.25) is 19.3 Å². The number of hydrogen-bond acceptors (Lipinski definition) is 14. The Bertz CT molecular complexity index is 3230. The van der Waals surface area contributed by atoms with Crippen molar-refractivity contribution in [3.8, 4) is 5.75 Å². The molecule has 0 N–H and O–H groups in total. The van der Waals surface area contributed by atoms with Gasteiger partial charge in [0.1, 0.15) is 42.3 Å². The minimum Gasteiger partial charge on any atom is -0.483 e. The first-order chi connectivity index (χ1) is 38.4. The van der Waals surface area contributed by atoms with Gasteiger partial charge in [-0.25, -0.2) is 4.99 Å². The Morgan fingerprint density at radius 1 is 0.633 bits per heavy atom. The van der Waals surface area contributed by atoms with Gasteiger partial charge in [-0.15, -0.1) is 0 Å². The number of carbonyl (C=O) groups excluding carboxylic acids is 3. The number of esters is 1. The molecular formula is C61H53F3N2O13. The fraction of sp³-hybridized carbons (Fsp3) is 0.279. The topological polar surface area (TPSA) is 159 Å². The highest BCUT2D eigenvalue weighted by Gasteiger charge is 2.60.